The largest absolute Gasteiger partial charge is 0.175 e. The van der Waals surface area contributed by atoms with Gasteiger partial charge in [-0.25, -0.2) is 0 Å². The third kappa shape index (κ3) is 3.42. The number of benzene rings is 3. The van der Waals surface area contributed by atoms with Crippen molar-refractivity contribution < 1.29 is 0 Å². The first-order chi connectivity index (χ1) is 13.2. The summed E-state index contributed by atoms with van der Waals surface area (Å²) in [6, 6.07) is 31.3. The second kappa shape index (κ2) is 7.87. The summed E-state index contributed by atoms with van der Waals surface area (Å²) in [6.45, 7) is 0. The van der Waals surface area contributed by atoms with Crippen molar-refractivity contribution in [2.75, 3.05) is 0 Å². The summed E-state index contributed by atoms with van der Waals surface area (Å²) in [5, 5.41) is 5.95. The quantitative estimate of drug-likeness (QED) is 0.439. The molecule has 0 unspecified atom stereocenters. The molecule has 0 saturated carbocycles. The van der Waals surface area contributed by atoms with Crippen molar-refractivity contribution in [3.63, 3.8) is 0 Å². The lowest BCUT2D eigenvalue weighted by Gasteiger charge is -2.37. The van der Waals surface area contributed by atoms with Gasteiger partial charge in [-0.2, -0.15) is 0 Å². The molecule has 132 valence electrons. The molecule has 27 heavy (non-hydrogen) atoms. The Hall–Kier alpha value is -2.10. The van der Waals surface area contributed by atoms with Gasteiger partial charge in [0.25, 0.3) is 0 Å². The zero-order chi connectivity index (χ0) is 18.7. The first-order valence-electron chi connectivity index (χ1n) is 9.45. The lowest BCUT2D eigenvalue weighted by molar-refractivity contribution is 0.990. The van der Waals surface area contributed by atoms with Gasteiger partial charge in [0.15, 0.2) is 8.07 Å². The van der Waals surface area contributed by atoms with E-state index in [9.17, 15) is 0 Å². The number of hydrogen-bond acceptors (Lipinski definition) is 0. The van der Waals surface area contributed by atoms with Crippen LogP contribution in [-0.4, -0.2) is 15.9 Å². The second-order valence-electron chi connectivity index (χ2n) is 7.19. The summed E-state index contributed by atoms with van der Waals surface area (Å²) in [7, 11) is -0.0425. The zero-order valence-corrected chi connectivity index (χ0v) is 18.1. The third-order valence-electron chi connectivity index (χ3n) is 5.53. The van der Waals surface area contributed by atoms with E-state index in [0.29, 0.717) is 0 Å². The minimum absolute atomic E-state index is 1.13. The van der Waals surface area contributed by atoms with Gasteiger partial charge in [0.05, 0.1) is 0 Å². The maximum absolute atomic E-state index is 3.62. The molecule has 0 saturated heterocycles. The normalized spacial score (nSPS) is 14.4. The number of allylic oxidation sites excluding steroid dienone is 4. The predicted octanol–water partition coefficient (Wildman–Crippen LogP) is 3.70. The molecule has 0 aromatic heterocycles. The highest BCUT2D eigenvalue weighted by atomic mass is 79.9. The van der Waals surface area contributed by atoms with Crippen LogP contribution in [0.5, 0.6) is 0 Å². The Labute approximate surface area is 172 Å². The summed E-state index contributed by atoms with van der Waals surface area (Å²) in [5.74, 6) is 0. The van der Waals surface area contributed by atoms with Gasteiger partial charge >= 0.3 is 0 Å². The Bertz CT molecular complexity index is 936. The molecule has 0 aliphatic heterocycles. The molecule has 3 aromatic rings. The number of hydrogen-bond donors (Lipinski definition) is 0. The molecule has 0 nitrogen and oxygen atoms in total. The van der Waals surface area contributed by atoms with Crippen molar-refractivity contribution in [2.24, 2.45) is 0 Å². The van der Waals surface area contributed by atoms with Crippen LogP contribution < -0.4 is 15.6 Å². The maximum Gasteiger partial charge on any atom is 0.175 e. The number of halogens is 1. The third-order valence-corrected chi connectivity index (χ3v) is 11.0. The van der Waals surface area contributed by atoms with E-state index in [4.69, 9.17) is 0 Å². The van der Waals surface area contributed by atoms with Gasteiger partial charge < -0.3 is 0 Å². The monoisotopic (exact) mass is 428 g/mol. The minimum atomic E-state index is -2.28. The van der Waals surface area contributed by atoms with E-state index in [2.05, 4.69) is 121 Å². The fourth-order valence-electron chi connectivity index (χ4n) is 4.19. The van der Waals surface area contributed by atoms with Crippen molar-refractivity contribution in [2.45, 2.75) is 12.8 Å². The summed E-state index contributed by atoms with van der Waals surface area (Å²) >= 11 is 3.62. The van der Waals surface area contributed by atoms with E-state index in [1.807, 2.05) is 0 Å². The first kappa shape index (κ1) is 18.3. The Morgan fingerprint density at radius 2 is 1.15 bits per heavy atom. The van der Waals surface area contributed by atoms with Gasteiger partial charge in [-0.1, -0.05) is 106 Å². The number of rotatable bonds is 4. The van der Waals surface area contributed by atoms with Crippen LogP contribution >= 0.6 is 15.9 Å². The Morgan fingerprint density at radius 3 is 1.63 bits per heavy atom. The van der Waals surface area contributed by atoms with Crippen LogP contribution in [0.2, 0.25) is 0 Å². The van der Waals surface area contributed by atoms with Crippen LogP contribution in [-0.2, 0) is 0 Å². The molecule has 0 amide bonds. The SMILES string of the molecule is BC1=CC=C([Si](c2ccccc2)(c2ccccc2)c2ccc(Br)cc2)CC1. The second-order valence-corrected chi connectivity index (χ2v) is 12.0. The van der Waals surface area contributed by atoms with E-state index in [0.717, 1.165) is 17.3 Å². The Kier molecular flexibility index (Phi) is 5.33. The Morgan fingerprint density at radius 1 is 0.630 bits per heavy atom. The van der Waals surface area contributed by atoms with E-state index in [1.54, 1.807) is 5.20 Å². The predicted molar refractivity (Wildman–Crippen MR) is 126 cm³/mol. The van der Waals surface area contributed by atoms with Crippen LogP contribution in [0.1, 0.15) is 12.8 Å². The van der Waals surface area contributed by atoms with E-state index in [1.165, 1.54) is 21.0 Å². The van der Waals surface area contributed by atoms with Crippen molar-refractivity contribution in [1.29, 1.82) is 0 Å². The van der Waals surface area contributed by atoms with Crippen LogP contribution in [0, 0.1) is 0 Å². The van der Waals surface area contributed by atoms with E-state index in [-0.39, 0.29) is 0 Å². The highest BCUT2D eigenvalue weighted by Gasteiger charge is 2.42. The standard InChI is InChI=1S/C24H22BBrSi/c25-19-11-15-23(16-12-19)27(21-7-3-1-4-8-21,22-9-5-2-6-10-22)24-17-13-20(26)14-18-24/h1-11,13-15,17-18H,12,16,25H2. The molecule has 0 atom stereocenters. The van der Waals surface area contributed by atoms with Crippen LogP contribution in [0.25, 0.3) is 0 Å². The molecule has 0 heterocycles. The molecule has 3 aromatic carbocycles. The van der Waals surface area contributed by atoms with Gasteiger partial charge in [0, 0.05) is 4.47 Å². The first-order valence-corrected chi connectivity index (χ1v) is 12.2. The topological polar surface area (TPSA) is 0 Å². The summed E-state index contributed by atoms with van der Waals surface area (Å²) in [6.07, 6.45) is 7.02. The highest BCUT2D eigenvalue weighted by molar-refractivity contribution is 9.10. The van der Waals surface area contributed by atoms with Gasteiger partial charge in [-0.05, 0) is 40.5 Å². The highest BCUT2D eigenvalue weighted by Crippen LogP contribution is 2.26. The Balaban J connectivity index is 2.07. The molecule has 0 N–H and O–H groups in total. The fourth-order valence-corrected chi connectivity index (χ4v) is 9.45. The van der Waals surface area contributed by atoms with Gasteiger partial charge in [-0.3, -0.25) is 0 Å². The smallest absolute Gasteiger partial charge is 0.110 e. The molecule has 0 bridgehead atoms. The molecular formula is C24H22BBrSi. The lowest BCUT2D eigenvalue weighted by atomic mass is 9.88. The van der Waals surface area contributed by atoms with Crippen molar-refractivity contribution in [3.05, 3.63) is 112 Å². The van der Waals surface area contributed by atoms with E-state index >= 15 is 0 Å². The average Bonchev–Trinajstić information content (AvgIpc) is 2.73. The maximum atomic E-state index is 3.62. The molecule has 4 rings (SSSR count). The molecule has 1 aliphatic rings. The van der Waals surface area contributed by atoms with Gasteiger partial charge in [-0.15, -0.1) is 5.47 Å². The molecule has 0 spiro atoms. The average molecular weight is 429 g/mol. The van der Waals surface area contributed by atoms with Crippen molar-refractivity contribution in [1.82, 2.24) is 0 Å². The van der Waals surface area contributed by atoms with Crippen LogP contribution in [0.3, 0.4) is 0 Å². The minimum Gasteiger partial charge on any atom is -0.110 e. The van der Waals surface area contributed by atoms with Crippen LogP contribution in [0.4, 0.5) is 0 Å². The molecule has 3 heteroatoms. The summed E-state index contributed by atoms with van der Waals surface area (Å²) in [5.41, 5.74) is 1.47. The lowest BCUT2D eigenvalue weighted by Crippen LogP contribution is -2.68. The molecular weight excluding hydrogens is 407 g/mol. The van der Waals surface area contributed by atoms with E-state index < -0.39 is 8.07 Å². The molecule has 0 fully saturated rings. The summed E-state index contributed by atoms with van der Waals surface area (Å²) in [4.78, 5) is 0. The van der Waals surface area contributed by atoms with Crippen molar-refractivity contribution in [3.8, 4) is 0 Å². The molecule has 0 radical (unpaired) electrons. The van der Waals surface area contributed by atoms with Gasteiger partial charge in [0.2, 0.25) is 0 Å². The summed E-state index contributed by atoms with van der Waals surface area (Å²) < 4.78 is 1.13. The molecule has 1 aliphatic carbocycles. The fraction of sp³-hybridized carbons (Fsp3) is 0.0833. The van der Waals surface area contributed by atoms with Gasteiger partial charge in [0.1, 0.15) is 7.85 Å². The zero-order valence-electron chi connectivity index (χ0n) is 15.5. The van der Waals surface area contributed by atoms with Crippen molar-refractivity contribution >= 4 is 47.4 Å². The van der Waals surface area contributed by atoms with Crippen LogP contribution in [0.15, 0.2) is 112 Å².